The van der Waals surface area contributed by atoms with Crippen LogP contribution in [0.2, 0.25) is 0 Å². The molecule has 9 nitrogen and oxygen atoms in total. The highest BCUT2D eigenvalue weighted by Gasteiger charge is 2.38. The summed E-state index contributed by atoms with van der Waals surface area (Å²) in [5.41, 5.74) is 9.51. The number of anilines is 1. The molecule has 0 aliphatic carbocycles. The van der Waals surface area contributed by atoms with Gasteiger partial charge in [-0.2, -0.15) is 13.2 Å². The molecule has 1 aromatic heterocycles. The molecule has 5 N–H and O–H groups in total. The number of carbonyl (C=O) groups is 3. The van der Waals surface area contributed by atoms with Crippen LogP contribution < -0.4 is 16.4 Å². The number of nitrogens with one attached hydrogen (secondary N) is 2. The number of nitrogens with zero attached hydrogens (tertiary/aromatic N) is 1. The minimum absolute atomic E-state index is 0.0308. The van der Waals surface area contributed by atoms with Crippen LogP contribution in [0.5, 0.6) is 0 Å². The largest absolute Gasteiger partial charge is 0.490 e. The maximum absolute atomic E-state index is 12.8. The molecule has 2 heterocycles. The van der Waals surface area contributed by atoms with Gasteiger partial charge < -0.3 is 26.2 Å². The van der Waals surface area contributed by atoms with Crippen LogP contribution in [0, 0.1) is 5.92 Å². The molecule has 3 rings (SSSR count). The Morgan fingerprint density at radius 2 is 1.84 bits per heavy atom. The second-order valence-corrected chi connectivity index (χ2v) is 9.91. The molecule has 0 radical (unpaired) electrons. The van der Waals surface area contributed by atoms with E-state index in [1.807, 2.05) is 52.0 Å². The zero-order valence-electron chi connectivity index (χ0n) is 21.7. The van der Waals surface area contributed by atoms with Gasteiger partial charge in [-0.3, -0.25) is 9.78 Å². The number of aliphatic carboxylic acids is 1. The highest BCUT2D eigenvalue weighted by Crippen LogP contribution is 2.33. The molecule has 208 valence electrons. The summed E-state index contributed by atoms with van der Waals surface area (Å²) in [5, 5.41) is 13.2. The van der Waals surface area contributed by atoms with Gasteiger partial charge in [0.1, 0.15) is 5.60 Å². The average Bonchev–Trinajstić information content (AvgIpc) is 2.81. The standard InChI is InChI=1S/C24H32N4O3.C2HF3O2/c1-15-6-5-7-20(28-23(30)31-24(2,3)4)18-11-17(13-26-14-18)19-9-8-16(12-25)10-21(19)27-22(15)29;3-2(4,5)1(6)7/h8-11,13-15,20H,5-7,12,25H2,1-4H3,(H,27,29)(H,28,30);(H,6,7)/t15-,20+;/m1./s1. The molecule has 38 heavy (non-hydrogen) atoms. The van der Waals surface area contributed by atoms with Gasteiger partial charge in [0.05, 0.1) is 6.04 Å². The van der Waals surface area contributed by atoms with E-state index in [1.54, 1.807) is 12.4 Å². The average molecular weight is 539 g/mol. The van der Waals surface area contributed by atoms with Crippen LogP contribution in [0.15, 0.2) is 36.7 Å². The number of hydrogen-bond acceptors (Lipinski definition) is 6. The minimum atomic E-state index is -5.08. The van der Waals surface area contributed by atoms with E-state index in [-0.39, 0.29) is 17.9 Å². The summed E-state index contributed by atoms with van der Waals surface area (Å²) in [4.78, 5) is 38.5. The van der Waals surface area contributed by atoms with Gasteiger partial charge in [-0.05, 0) is 56.9 Å². The Kier molecular flexibility index (Phi) is 10.2. The number of fused-ring (bicyclic) bond motifs is 4. The fraction of sp³-hybridized carbons (Fsp3) is 0.462. The van der Waals surface area contributed by atoms with E-state index >= 15 is 0 Å². The molecule has 2 bridgehead atoms. The molecule has 2 atom stereocenters. The van der Waals surface area contributed by atoms with Gasteiger partial charge in [0.15, 0.2) is 0 Å². The number of alkyl carbamates (subject to hydrolysis) is 1. The van der Waals surface area contributed by atoms with Gasteiger partial charge in [-0.1, -0.05) is 25.5 Å². The Morgan fingerprint density at radius 3 is 2.42 bits per heavy atom. The van der Waals surface area contributed by atoms with E-state index in [0.29, 0.717) is 19.4 Å². The van der Waals surface area contributed by atoms with Crippen LogP contribution in [0.4, 0.5) is 23.7 Å². The van der Waals surface area contributed by atoms with Crippen LogP contribution in [-0.4, -0.2) is 39.8 Å². The van der Waals surface area contributed by atoms with Gasteiger partial charge in [0, 0.05) is 41.7 Å². The number of aromatic nitrogens is 1. The Labute approximate surface area is 219 Å². The predicted octanol–water partition coefficient (Wildman–Crippen LogP) is 5.16. The lowest BCUT2D eigenvalue weighted by atomic mass is 9.94. The van der Waals surface area contributed by atoms with Gasteiger partial charge in [-0.25, -0.2) is 9.59 Å². The van der Waals surface area contributed by atoms with E-state index in [1.165, 1.54) is 0 Å². The summed E-state index contributed by atoms with van der Waals surface area (Å²) in [6.07, 6.45) is 0.144. The lowest BCUT2D eigenvalue weighted by Crippen LogP contribution is -2.35. The number of halogens is 3. The first-order chi connectivity index (χ1) is 17.6. The Morgan fingerprint density at radius 1 is 1.18 bits per heavy atom. The molecule has 1 aliphatic heterocycles. The lowest BCUT2D eigenvalue weighted by Gasteiger charge is -2.25. The summed E-state index contributed by atoms with van der Waals surface area (Å²) in [5.74, 6) is -2.95. The number of nitrogens with two attached hydrogens (primary N) is 1. The second kappa shape index (κ2) is 12.7. The van der Waals surface area contributed by atoms with Crippen molar-refractivity contribution in [3.05, 3.63) is 47.8 Å². The normalized spacial score (nSPS) is 17.8. The fourth-order valence-electron chi connectivity index (χ4n) is 3.66. The molecule has 0 saturated heterocycles. The van der Waals surface area contributed by atoms with Crippen molar-refractivity contribution in [3.63, 3.8) is 0 Å². The summed E-state index contributed by atoms with van der Waals surface area (Å²) in [6, 6.07) is 7.56. The molecule has 12 heteroatoms. The third kappa shape index (κ3) is 9.33. The van der Waals surface area contributed by atoms with Crippen LogP contribution in [0.1, 0.15) is 64.1 Å². The van der Waals surface area contributed by atoms with E-state index in [2.05, 4.69) is 15.6 Å². The van der Waals surface area contributed by atoms with Gasteiger partial charge in [0.2, 0.25) is 5.91 Å². The first-order valence-corrected chi connectivity index (χ1v) is 12.0. The Bertz CT molecular complexity index is 1150. The van der Waals surface area contributed by atoms with Gasteiger partial charge in [-0.15, -0.1) is 0 Å². The van der Waals surface area contributed by atoms with Crippen molar-refractivity contribution in [2.24, 2.45) is 11.7 Å². The number of carboxylic acid groups (broad SMARTS) is 1. The van der Waals surface area contributed by atoms with Crippen molar-refractivity contribution in [1.29, 1.82) is 0 Å². The maximum Gasteiger partial charge on any atom is 0.490 e. The number of benzene rings is 1. The summed E-state index contributed by atoms with van der Waals surface area (Å²) < 4.78 is 37.2. The number of carboxylic acids is 1. The topological polar surface area (TPSA) is 144 Å². The molecular formula is C26H33F3N4O5. The number of alkyl halides is 3. The predicted molar refractivity (Wildman–Crippen MR) is 135 cm³/mol. The maximum atomic E-state index is 12.8. The molecule has 0 unspecified atom stereocenters. The smallest absolute Gasteiger partial charge is 0.475 e. The lowest BCUT2D eigenvalue weighted by molar-refractivity contribution is -0.192. The number of amides is 2. The molecule has 2 amide bonds. The van der Waals surface area contributed by atoms with E-state index in [4.69, 9.17) is 20.4 Å². The van der Waals surface area contributed by atoms with Crippen LogP contribution in [0.3, 0.4) is 0 Å². The molecule has 0 spiro atoms. The number of pyridine rings is 1. The zero-order chi connectivity index (χ0) is 28.7. The summed E-state index contributed by atoms with van der Waals surface area (Å²) >= 11 is 0. The van der Waals surface area contributed by atoms with E-state index < -0.39 is 23.8 Å². The number of rotatable bonds is 2. The third-order valence-corrected chi connectivity index (χ3v) is 5.56. The van der Waals surface area contributed by atoms with Gasteiger partial charge in [0.25, 0.3) is 0 Å². The summed E-state index contributed by atoms with van der Waals surface area (Å²) in [7, 11) is 0. The molecule has 0 saturated carbocycles. The molecule has 2 aromatic rings. The highest BCUT2D eigenvalue weighted by molar-refractivity contribution is 5.96. The number of ether oxygens (including phenoxy) is 1. The Hall–Kier alpha value is -3.67. The van der Waals surface area contributed by atoms with E-state index in [0.717, 1.165) is 34.4 Å². The van der Waals surface area contributed by atoms with Crippen LogP contribution in [-0.2, 0) is 20.9 Å². The third-order valence-electron chi connectivity index (χ3n) is 5.56. The molecule has 1 aliphatic rings. The molecule has 0 fully saturated rings. The first-order valence-electron chi connectivity index (χ1n) is 12.0. The fourth-order valence-corrected chi connectivity index (χ4v) is 3.66. The second-order valence-electron chi connectivity index (χ2n) is 9.91. The van der Waals surface area contributed by atoms with Crippen LogP contribution in [0.25, 0.3) is 11.1 Å². The number of carbonyl (C=O) groups excluding carboxylic acids is 2. The van der Waals surface area contributed by atoms with Crippen LogP contribution >= 0.6 is 0 Å². The van der Waals surface area contributed by atoms with Crippen molar-refractivity contribution in [3.8, 4) is 11.1 Å². The SMILES string of the molecule is C[C@@H]1CCC[C@H](NC(=O)OC(C)(C)C)c2cncc(c2)-c2ccc(CN)cc2NC1=O.O=C(O)C(F)(F)F. The van der Waals surface area contributed by atoms with Gasteiger partial charge >= 0.3 is 18.2 Å². The molecule has 1 aromatic carbocycles. The van der Waals surface area contributed by atoms with E-state index in [9.17, 15) is 22.8 Å². The first kappa shape index (κ1) is 30.6. The minimum Gasteiger partial charge on any atom is -0.475 e. The zero-order valence-corrected chi connectivity index (χ0v) is 21.7. The summed E-state index contributed by atoms with van der Waals surface area (Å²) in [6.45, 7) is 7.82. The highest BCUT2D eigenvalue weighted by atomic mass is 19.4. The Balaban J connectivity index is 0.000000638. The van der Waals surface area contributed by atoms with Crippen molar-refractivity contribution in [2.45, 2.75) is 71.3 Å². The van der Waals surface area contributed by atoms with Crippen molar-refractivity contribution >= 4 is 23.7 Å². The van der Waals surface area contributed by atoms with Crippen molar-refractivity contribution in [1.82, 2.24) is 10.3 Å². The molecular weight excluding hydrogens is 505 g/mol. The van der Waals surface area contributed by atoms with Crippen molar-refractivity contribution < 1.29 is 37.4 Å². The number of hydrogen-bond donors (Lipinski definition) is 4. The van der Waals surface area contributed by atoms with Crippen molar-refractivity contribution in [2.75, 3.05) is 5.32 Å². The monoisotopic (exact) mass is 538 g/mol. The quantitative estimate of drug-likeness (QED) is 0.413.